The third kappa shape index (κ3) is 3.54. The molecule has 1 aromatic carbocycles. The van der Waals surface area contributed by atoms with Crippen LogP contribution in [-0.4, -0.2) is 28.6 Å². The van der Waals surface area contributed by atoms with Crippen LogP contribution in [0.3, 0.4) is 0 Å². The Bertz CT molecular complexity index is 567. The van der Waals surface area contributed by atoms with Crippen LogP contribution in [-0.2, 0) is 0 Å². The average Bonchev–Trinajstić information content (AvgIpc) is 2.41. The van der Waals surface area contributed by atoms with Gasteiger partial charge >= 0.3 is 6.01 Å². The molecular formula is C12H13FN4OS. The molecule has 0 atom stereocenters. The van der Waals surface area contributed by atoms with Crippen molar-refractivity contribution in [2.75, 3.05) is 19.0 Å². The lowest BCUT2D eigenvalue weighted by Gasteiger charge is -2.06. The van der Waals surface area contributed by atoms with Crippen LogP contribution in [0.2, 0.25) is 0 Å². The van der Waals surface area contributed by atoms with Crippen molar-refractivity contribution < 1.29 is 9.13 Å². The molecule has 0 unspecified atom stereocenters. The van der Waals surface area contributed by atoms with Crippen LogP contribution in [0.25, 0.3) is 0 Å². The summed E-state index contributed by atoms with van der Waals surface area (Å²) >= 11 is 1.13. The van der Waals surface area contributed by atoms with Gasteiger partial charge in [0, 0.05) is 7.05 Å². The highest BCUT2D eigenvalue weighted by molar-refractivity contribution is 7.99. The van der Waals surface area contributed by atoms with Gasteiger partial charge in [-0.25, -0.2) is 4.39 Å². The van der Waals surface area contributed by atoms with E-state index < -0.39 is 0 Å². The van der Waals surface area contributed by atoms with Gasteiger partial charge in [0.15, 0.2) is 0 Å². The van der Waals surface area contributed by atoms with Crippen molar-refractivity contribution in [2.45, 2.75) is 17.0 Å². The van der Waals surface area contributed by atoms with E-state index >= 15 is 0 Å². The molecule has 5 nitrogen and oxygen atoms in total. The fourth-order valence-corrected chi connectivity index (χ4v) is 2.08. The van der Waals surface area contributed by atoms with E-state index in [4.69, 9.17) is 4.74 Å². The zero-order valence-electron chi connectivity index (χ0n) is 10.6. The van der Waals surface area contributed by atoms with Crippen LogP contribution in [0.15, 0.2) is 34.3 Å². The lowest BCUT2D eigenvalue weighted by molar-refractivity contribution is 0.308. The third-order valence-corrected chi connectivity index (χ3v) is 3.05. The standard InChI is InChI=1S/C12H13FN4OS/c1-3-18-11-15-10(14-2)16-12(17-11)19-9-7-5-4-6-8(9)13/h4-7H,3H2,1-2H3,(H,14,15,16,17). The Balaban J connectivity index is 2.29. The average molecular weight is 280 g/mol. The largest absolute Gasteiger partial charge is 0.464 e. The monoisotopic (exact) mass is 280 g/mol. The first-order valence-corrected chi connectivity index (χ1v) is 6.53. The molecule has 19 heavy (non-hydrogen) atoms. The van der Waals surface area contributed by atoms with Gasteiger partial charge in [0.1, 0.15) is 5.82 Å². The summed E-state index contributed by atoms with van der Waals surface area (Å²) in [6.45, 7) is 2.30. The number of anilines is 1. The summed E-state index contributed by atoms with van der Waals surface area (Å²) in [6.07, 6.45) is 0. The number of nitrogens with one attached hydrogen (secondary N) is 1. The first-order valence-electron chi connectivity index (χ1n) is 5.72. The third-order valence-electron chi connectivity index (χ3n) is 2.13. The van der Waals surface area contributed by atoms with Gasteiger partial charge in [0.2, 0.25) is 11.1 Å². The van der Waals surface area contributed by atoms with Crippen LogP contribution in [0, 0.1) is 5.82 Å². The molecule has 1 aromatic heterocycles. The fraction of sp³-hybridized carbons (Fsp3) is 0.250. The van der Waals surface area contributed by atoms with Gasteiger partial charge in [-0.15, -0.1) is 0 Å². The zero-order chi connectivity index (χ0) is 13.7. The number of benzene rings is 1. The van der Waals surface area contributed by atoms with E-state index in [1.807, 2.05) is 6.92 Å². The Morgan fingerprint density at radius 2 is 2.05 bits per heavy atom. The molecule has 0 amide bonds. The summed E-state index contributed by atoms with van der Waals surface area (Å²) in [6, 6.07) is 6.68. The molecule has 0 aliphatic rings. The minimum Gasteiger partial charge on any atom is -0.464 e. The number of nitrogens with zero attached hydrogens (tertiary/aromatic N) is 3. The Kier molecular flexibility index (Phi) is 4.51. The van der Waals surface area contributed by atoms with Gasteiger partial charge < -0.3 is 10.1 Å². The Morgan fingerprint density at radius 1 is 1.26 bits per heavy atom. The SMILES string of the molecule is CCOc1nc(NC)nc(Sc2ccccc2F)n1. The number of hydrogen-bond acceptors (Lipinski definition) is 6. The maximum absolute atomic E-state index is 13.6. The van der Waals surface area contributed by atoms with Gasteiger partial charge in [-0.1, -0.05) is 12.1 Å². The van der Waals surface area contributed by atoms with Gasteiger partial charge in [0.25, 0.3) is 0 Å². The highest BCUT2D eigenvalue weighted by Gasteiger charge is 2.10. The molecule has 0 saturated carbocycles. The van der Waals surface area contributed by atoms with E-state index in [0.717, 1.165) is 11.8 Å². The van der Waals surface area contributed by atoms with Crippen molar-refractivity contribution in [3.63, 3.8) is 0 Å². The highest BCUT2D eigenvalue weighted by Crippen LogP contribution is 2.28. The minimum absolute atomic E-state index is 0.223. The second kappa shape index (κ2) is 6.33. The maximum Gasteiger partial charge on any atom is 0.322 e. The quantitative estimate of drug-likeness (QED) is 0.908. The Hall–Kier alpha value is -1.89. The van der Waals surface area contributed by atoms with Crippen molar-refractivity contribution in [1.29, 1.82) is 0 Å². The van der Waals surface area contributed by atoms with Crippen molar-refractivity contribution in [2.24, 2.45) is 0 Å². The highest BCUT2D eigenvalue weighted by atomic mass is 32.2. The van der Waals surface area contributed by atoms with Gasteiger partial charge in [-0.05, 0) is 30.8 Å². The zero-order valence-corrected chi connectivity index (χ0v) is 11.4. The molecule has 0 fully saturated rings. The molecule has 100 valence electrons. The molecule has 2 rings (SSSR count). The number of ether oxygens (including phenoxy) is 1. The molecule has 0 spiro atoms. The summed E-state index contributed by atoms with van der Waals surface area (Å²) < 4.78 is 18.8. The van der Waals surface area contributed by atoms with E-state index in [1.54, 1.807) is 25.2 Å². The second-order valence-electron chi connectivity index (χ2n) is 3.44. The first kappa shape index (κ1) is 13.5. The van der Waals surface area contributed by atoms with E-state index in [9.17, 15) is 4.39 Å². The molecule has 0 aliphatic carbocycles. The van der Waals surface area contributed by atoms with Crippen molar-refractivity contribution in [1.82, 2.24) is 15.0 Å². The van der Waals surface area contributed by atoms with Crippen LogP contribution < -0.4 is 10.1 Å². The number of halogens is 1. The molecule has 0 radical (unpaired) electrons. The van der Waals surface area contributed by atoms with E-state index in [-0.39, 0.29) is 11.8 Å². The van der Waals surface area contributed by atoms with Crippen molar-refractivity contribution >= 4 is 17.7 Å². The van der Waals surface area contributed by atoms with Crippen LogP contribution in [0.4, 0.5) is 10.3 Å². The molecular weight excluding hydrogens is 267 g/mol. The fourth-order valence-electron chi connectivity index (χ4n) is 1.31. The van der Waals surface area contributed by atoms with E-state index in [1.165, 1.54) is 6.07 Å². The summed E-state index contributed by atoms with van der Waals surface area (Å²) in [5.41, 5.74) is 0. The van der Waals surface area contributed by atoms with Gasteiger partial charge in [0.05, 0.1) is 11.5 Å². The molecule has 0 saturated heterocycles. The summed E-state index contributed by atoms with van der Waals surface area (Å²) in [4.78, 5) is 12.8. The van der Waals surface area contributed by atoms with Crippen LogP contribution in [0.1, 0.15) is 6.92 Å². The normalized spacial score (nSPS) is 10.3. The van der Waals surface area contributed by atoms with Crippen molar-refractivity contribution in [3.8, 4) is 6.01 Å². The lowest BCUT2D eigenvalue weighted by atomic mass is 10.4. The summed E-state index contributed by atoms with van der Waals surface area (Å²) in [5, 5.41) is 3.20. The number of rotatable bonds is 5. The van der Waals surface area contributed by atoms with Crippen molar-refractivity contribution in [3.05, 3.63) is 30.1 Å². The Labute approximate surface area is 114 Å². The van der Waals surface area contributed by atoms with E-state index in [0.29, 0.717) is 22.6 Å². The molecule has 0 bridgehead atoms. The molecule has 0 aliphatic heterocycles. The van der Waals surface area contributed by atoms with Crippen LogP contribution in [0.5, 0.6) is 6.01 Å². The molecule has 1 N–H and O–H groups in total. The van der Waals surface area contributed by atoms with Crippen LogP contribution >= 0.6 is 11.8 Å². The smallest absolute Gasteiger partial charge is 0.322 e. The molecule has 1 heterocycles. The topological polar surface area (TPSA) is 59.9 Å². The number of hydrogen-bond donors (Lipinski definition) is 1. The first-order chi connectivity index (χ1) is 9.22. The van der Waals surface area contributed by atoms with E-state index in [2.05, 4.69) is 20.3 Å². The van der Waals surface area contributed by atoms with Gasteiger partial charge in [-0.2, -0.15) is 15.0 Å². The predicted molar refractivity (Wildman–Crippen MR) is 71.1 cm³/mol. The number of aromatic nitrogens is 3. The Morgan fingerprint density at radius 3 is 2.74 bits per heavy atom. The van der Waals surface area contributed by atoms with Gasteiger partial charge in [-0.3, -0.25) is 0 Å². The summed E-state index contributed by atoms with van der Waals surface area (Å²) in [7, 11) is 1.70. The maximum atomic E-state index is 13.6. The predicted octanol–water partition coefficient (Wildman–Crippen LogP) is 2.60. The second-order valence-corrected chi connectivity index (χ2v) is 4.45. The molecule has 7 heteroatoms. The minimum atomic E-state index is -0.308. The lowest BCUT2D eigenvalue weighted by Crippen LogP contribution is -2.04. The molecule has 2 aromatic rings. The summed E-state index contributed by atoms with van der Waals surface area (Å²) in [5.74, 6) is 0.0779.